The second kappa shape index (κ2) is 5.75. The maximum atomic E-state index is 4.45. The van der Waals surface area contributed by atoms with E-state index in [-0.39, 0.29) is 0 Å². The van der Waals surface area contributed by atoms with Crippen LogP contribution in [0.25, 0.3) is 0 Å². The molecule has 0 saturated carbocycles. The van der Waals surface area contributed by atoms with Gasteiger partial charge in [-0.05, 0) is 47.6 Å². The molecule has 0 saturated heterocycles. The largest absolute Gasteiger partial charge is 0.228 e. The summed E-state index contributed by atoms with van der Waals surface area (Å²) in [7, 11) is 0. The van der Waals surface area contributed by atoms with Crippen molar-refractivity contribution < 1.29 is 0 Å². The summed E-state index contributed by atoms with van der Waals surface area (Å²) in [5.41, 5.74) is 1.93. The van der Waals surface area contributed by atoms with Crippen LogP contribution in [-0.2, 0) is 6.42 Å². The van der Waals surface area contributed by atoms with Crippen molar-refractivity contribution >= 4 is 27.7 Å². The van der Waals surface area contributed by atoms with E-state index in [0.29, 0.717) is 0 Å². The van der Waals surface area contributed by atoms with Gasteiger partial charge in [0.15, 0.2) is 5.16 Å². The molecule has 0 aliphatic heterocycles. The Kier molecular flexibility index (Phi) is 4.29. The van der Waals surface area contributed by atoms with Gasteiger partial charge in [0.2, 0.25) is 0 Å². The summed E-state index contributed by atoms with van der Waals surface area (Å²) < 4.78 is 0.793. The molecule has 0 unspecified atom stereocenters. The fraction of sp³-hybridized carbons (Fsp3) is 0.333. The monoisotopic (exact) mass is 324 g/mol. The zero-order chi connectivity index (χ0) is 13.1. The third kappa shape index (κ3) is 3.49. The quantitative estimate of drug-likeness (QED) is 0.640. The first-order valence-corrected chi connectivity index (χ1v) is 7.21. The summed E-state index contributed by atoms with van der Waals surface area (Å²) in [6.45, 7) is 5.96. The summed E-state index contributed by atoms with van der Waals surface area (Å²) in [6.07, 6.45) is 0.806. The van der Waals surface area contributed by atoms with Gasteiger partial charge < -0.3 is 0 Å². The summed E-state index contributed by atoms with van der Waals surface area (Å²) in [5, 5.41) is 1.58. The minimum absolute atomic E-state index is 0.722. The molecule has 0 radical (unpaired) electrons. The highest BCUT2D eigenvalue weighted by Gasteiger charge is 2.07. The third-order valence-electron chi connectivity index (χ3n) is 2.19. The van der Waals surface area contributed by atoms with E-state index in [4.69, 9.17) is 0 Å². The average molecular weight is 325 g/mol. The van der Waals surface area contributed by atoms with Crippen LogP contribution >= 0.6 is 27.7 Å². The van der Waals surface area contributed by atoms with E-state index in [1.54, 1.807) is 0 Å². The van der Waals surface area contributed by atoms with Crippen LogP contribution in [0.1, 0.15) is 24.1 Å². The number of hydrogen-bond donors (Lipinski definition) is 0. The summed E-state index contributed by atoms with van der Waals surface area (Å²) in [6, 6.07) is 3.84. The van der Waals surface area contributed by atoms with E-state index in [2.05, 4.69) is 35.9 Å². The van der Waals surface area contributed by atoms with Crippen LogP contribution in [-0.4, -0.2) is 19.9 Å². The van der Waals surface area contributed by atoms with E-state index in [1.807, 2.05) is 32.9 Å². The highest BCUT2D eigenvalue weighted by Crippen LogP contribution is 2.25. The lowest BCUT2D eigenvalue weighted by atomic mass is 10.4. The molecule has 0 N–H and O–H groups in total. The molecule has 0 aliphatic rings. The molecule has 0 fully saturated rings. The van der Waals surface area contributed by atoms with Crippen molar-refractivity contribution in [1.29, 1.82) is 0 Å². The fourth-order valence-electron chi connectivity index (χ4n) is 1.49. The van der Waals surface area contributed by atoms with Gasteiger partial charge in [0.05, 0.1) is 0 Å². The first-order chi connectivity index (χ1) is 8.56. The summed E-state index contributed by atoms with van der Waals surface area (Å²) >= 11 is 4.85. The minimum Gasteiger partial charge on any atom is -0.228 e. The predicted octanol–water partition coefficient (Wildman–Crippen LogP) is 3.36. The van der Waals surface area contributed by atoms with Crippen LogP contribution < -0.4 is 0 Å². The number of aromatic nitrogens is 4. The Balaban J connectivity index is 2.30. The van der Waals surface area contributed by atoms with Gasteiger partial charge in [0, 0.05) is 23.9 Å². The van der Waals surface area contributed by atoms with Gasteiger partial charge in [0.25, 0.3) is 0 Å². The lowest BCUT2D eigenvalue weighted by Crippen LogP contribution is -1.97. The maximum absolute atomic E-state index is 4.45. The van der Waals surface area contributed by atoms with Crippen LogP contribution in [0.5, 0.6) is 0 Å². The molecule has 0 spiro atoms. The summed E-state index contributed by atoms with van der Waals surface area (Å²) in [4.78, 5) is 17.5. The molecular weight excluding hydrogens is 312 g/mol. The molecule has 0 amide bonds. The number of halogens is 1. The topological polar surface area (TPSA) is 51.6 Å². The number of aryl methyl sites for hydroxylation is 3. The molecule has 2 aromatic rings. The minimum atomic E-state index is 0.722. The number of hydrogen-bond acceptors (Lipinski definition) is 5. The molecule has 6 heteroatoms. The van der Waals surface area contributed by atoms with Gasteiger partial charge in [-0.2, -0.15) is 0 Å². The second-order valence-corrected chi connectivity index (χ2v) is 5.63. The van der Waals surface area contributed by atoms with Gasteiger partial charge in [-0.3, -0.25) is 0 Å². The normalized spacial score (nSPS) is 10.7. The van der Waals surface area contributed by atoms with Crippen molar-refractivity contribution in [3.63, 3.8) is 0 Å². The van der Waals surface area contributed by atoms with Crippen LogP contribution in [0.2, 0.25) is 0 Å². The number of nitrogens with zero attached hydrogens (tertiary/aromatic N) is 4. The number of rotatable bonds is 3. The van der Waals surface area contributed by atoms with Gasteiger partial charge >= 0.3 is 0 Å². The highest BCUT2D eigenvalue weighted by atomic mass is 79.9. The molecule has 2 rings (SSSR count). The zero-order valence-corrected chi connectivity index (χ0v) is 12.8. The van der Waals surface area contributed by atoms with Gasteiger partial charge in [-0.25, -0.2) is 19.9 Å². The van der Waals surface area contributed by atoms with Crippen LogP contribution in [0.3, 0.4) is 0 Å². The molecule has 18 heavy (non-hydrogen) atoms. The van der Waals surface area contributed by atoms with Crippen LogP contribution in [0.15, 0.2) is 26.9 Å². The highest BCUT2D eigenvalue weighted by molar-refractivity contribution is 9.10. The Morgan fingerprint density at radius 2 is 1.72 bits per heavy atom. The van der Waals surface area contributed by atoms with Crippen molar-refractivity contribution in [2.75, 3.05) is 0 Å². The molecule has 0 atom stereocenters. The van der Waals surface area contributed by atoms with Gasteiger partial charge in [-0.15, -0.1) is 0 Å². The lowest BCUT2D eigenvalue weighted by molar-refractivity contribution is 0.864. The van der Waals surface area contributed by atoms with Crippen molar-refractivity contribution in [2.24, 2.45) is 0 Å². The van der Waals surface area contributed by atoms with Crippen molar-refractivity contribution in [1.82, 2.24) is 19.9 Å². The molecular formula is C12H13BrN4S. The molecule has 2 aromatic heterocycles. The van der Waals surface area contributed by atoms with E-state index in [1.165, 1.54) is 11.8 Å². The molecule has 0 aliphatic carbocycles. The standard InChI is InChI=1S/C12H13BrN4S/c1-4-10-16-9(13)6-11(17-10)18-12-14-7(2)5-8(3)15-12/h5-6H,4H2,1-3H3. The SMILES string of the molecule is CCc1nc(Br)cc(Sc2nc(C)cc(C)n2)n1. The van der Waals surface area contributed by atoms with Crippen molar-refractivity contribution in [3.05, 3.63) is 33.9 Å². The first kappa shape index (κ1) is 13.4. The van der Waals surface area contributed by atoms with E-state index in [9.17, 15) is 0 Å². The smallest absolute Gasteiger partial charge is 0.194 e. The third-order valence-corrected chi connectivity index (χ3v) is 3.38. The van der Waals surface area contributed by atoms with E-state index < -0.39 is 0 Å². The van der Waals surface area contributed by atoms with Crippen LogP contribution in [0.4, 0.5) is 0 Å². The van der Waals surface area contributed by atoms with Crippen molar-refractivity contribution in [3.8, 4) is 0 Å². The molecule has 0 bridgehead atoms. The Labute approximate surface area is 119 Å². The van der Waals surface area contributed by atoms with E-state index in [0.717, 1.165) is 38.4 Å². The van der Waals surface area contributed by atoms with Gasteiger partial charge in [-0.1, -0.05) is 6.92 Å². The second-order valence-electron chi connectivity index (χ2n) is 3.83. The Morgan fingerprint density at radius 1 is 1.06 bits per heavy atom. The average Bonchev–Trinajstić information content (AvgIpc) is 2.26. The van der Waals surface area contributed by atoms with Crippen molar-refractivity contribution in [2.45, 2.75) is 37.4 Å². The van der Waals surface area contributed by atoms with E-state index >= 15 is 0 Å². The van der Waals surface area contributed by atoms with Crippen LogP contribution in [0, 0.1) is 13.8 Å². The Bertz CT molecular complexity index is 554. The Morgan fingerprint density at radius 3 is 2.33 bits per heavy atom. The maximum Gasteiger partial charge on any atom is 0.194 e. The Hall–Kier alpha value is -1.01. The molecule has 4 nitrogen and oxygen atoms in total. The van der Waals surface area contributed by atoms with Gasteiger partial charge in [0.1, 0.15) is 15.5 Å². The lowest BCUT2D eigenvalue weighted by Gasteiger charge is -2.04. The predicted molar refractivity (Wildman–Crippen MR) is 74.7 cm³/mol. The zero-order valence-electron chi connectivity index (χ0n) is 10.4. The summed E-state index contributed by atoms with van der Waals surface area (Å²) in [5.74, 6) is 0.816. The fourth-order valence-corrected chi connectivity index (χ4v) is 2.95. The molecule has 0 aromatic carbocycles. The molecule has 94 valence electrons. The first-order valence-electron chi connectivity index (χ1n) is 5.60. The molecule has 2 heterocycles.